The molecule has 4 aromatic heterocycles. The van der Waals surface area contributed by atoms with Crippen LogP contribution >= 0.6 is 0 Å². The van der Waals surface area contributed by atoms with E-state index in [1.807, 2.05) is 18.2 Å². The Morgan fingerprint density at radius 3 is 1.69 bits per heavy atom. The summed E-state index contributed by atoms with van der Waals surface area (Å²) in [5.74, 6) is 0.695. The number of aromatic nitrogens is 4. The number of hydrogen-bond donors (Lipinski definition) is 0. The van der Waals surface area contributed by atoms with Crippen LogP contribution in [0.3, 0.4) is 0 Å². The van der Waals surface area contributed by atoms with Crippen LogP contribution in [0.4, 0.5) is 0 Å². The van der Waals surface area contributed by atoms with Crippen LogP contribution in [0.25, 0.3) is 110 Å². The first-order chi connectivity index (χ1) is 27.3. The minimum atomic E-state index is 0.695. The van der Waals surface area contributed by atoms with Crippen molar-refractivity contribution in [2.45, 2.75) is 0 Å². The number of nitrogens with zero attached hydrogens (tertiary/aromatic N) is 4. The number of benzene rings is 8. The van der Waals surface area contributed by atoms with Crippen molar-refractivity contribution in [2.75, 3.05) is 0 Å². The van der Waals surface area contributed by atoms with Crippen LogP contribution in [0.2, 0.25) is 0 Å². The first-order valence-corrected chi connectivity index (χ1v) is 18.6. The van der Waals surface area contributed by atoms with Crippen molar-refractivity contribution in [3.05, 3.63) is 182 Å². The van der Waals surface area contributed by atoms with Crippen molar-refractivity contribution >= 4 is 76.5 Å². The molecule has 0 saturated heterocycles. The van der Waals surface area contributed by atoms with E-state index in [1.165, 1.54) is 21.7 Å². The highest BCUT2D eigenvalue weighted by Gasteiger charge is 2.27. The minimum absolute atomic E-state index is 0.695. The zero-order chi connectivity index (χ0) is 36.0. The summed E-state index contributed by atoms with van der Waals surface area (Å²) in [5, 5.41) is 8.00. The molecule has 12 rings (SSSR count). The van der Waals surface area contributed by atoms with E-state index in [9.17, 15) is 0 Å². The van der Waals surface area contributed by atoms with Gasteiger partial charge in [-0.1, -0.05) is 121 Å². The molecule has 12 aromatic rings. The smallest absolute Gasteiger partial charge is 0.160 e. The monoisotopic (exact) mass is 702 g/mol. The molecule has 0 aliphatic heterocycles. The van der Waals surface area contributed by atoms with Crippen LogP contribution in [0, 0.1) is 0 Å². The van der Waals surface area contributed by atoms with Gasteiger partial charge in [0.15, 0.2) is 11.4 Å². The largest absolute Gasteiger partial charge is 0.454 e. The van der Waals surface area contributed by atoms with Gasteiger partial charge in [0.1, 0.15) is 5.58 Å². The Labute approximate surface area is 315 Å². The van der Waals surface area contributed by atoms with E-state index in [0.717, 1.165) is 83.0 Å². The predicted molar refractivity (Wildman–Crippen MR) is 226 cm³/mol. The van der Waals surface area contributed by atoms with E-state index < -0.39 is 0 Å². The lowest BCUT2D eigenvalue weighted by Gasteiger charge is -2.12. The molecule has 0 bridgehead atoms. The van der Waals surface area contributed by atoms with Crippen LogP contribution in [-0.2, 0) is 0 Å². The SMILES string of the molecule is c1ccc(-c2nc(-c3ccc(-n4c5ccccc5c5c4c4oc6ccccc6c4c4c6ccccc6n(-c6ccccc6)c45)cc3)nc3ccccc23)cc1. The van der Waals surface area contributed by atoms with E-state index in [2.05, 4.69) is 173 Å². The molecule has 55 heavy (non-hydrogen) atoms. The molecular weight excluding hydrogens is 673 g/mol. The maximum Gasteiger partial charge on any atom is 0.160 e. The summed E-state index contributed by atoms with van der Waals surface area (Å²) in [7, 11) is 0. The molecule has 0 unspecified atom stereocenters. The Morgan fingerprint density at radius 2 is 0.945 bits per heavy atom. The second-order valence-electron chi connectivity index (χ2n) is 14.1. The molecule has 0 N–H and O–H groups in total. The van der Waals surface area contributed by atoms with E-state index in [4.69, 9.17) is 14.4 Å². The van der Waals surface area contributed by atoms with Gasteiger partial charge in [-0.2, -0.15) is 0 Å². The molecule has 8 aromatic carbocycles. The van der Waals surface area contributed by atoms with Gasteiger partial charge in [-0.25, -0.2) is 9.97 Å². The predicted octanol–water partition coefficient (Wildman–Crippen LogP) is 13.1. The van der Waals surface area contributed by atoms with Crippen LogP contribution in [-0.4, -0.2) is 19.1 Å². The first kappa shape index (κ1) is 30.0. The topological polar surface area (TPSA) is 48.8 Å². The van der Waals surface area contributed by atoms with E-state index >= 15 is 0 Å². The fourth-order valence-electron chi connectivity index (χ4n) is 8.78. The highest BCUT2D eigenvalue weighted by atomic mass is 16.3. The molecule has 5 heteroatoms. The Bertz CT molecular complexity index is 3470. The number of rotatable bonds is 4. The first-order valence-electron chi connectivity index (χ1n) is 18.6. The standard InChI is InChI=1S/C50H30N4O/c1-3-15-31(16-4-1)46-35-19-7-11-23-39(35)51-50(52-46)32-27-29-34(30-28-32)54-41-25-13-9-21-37(41)45-47-43(44-38-22-10-14-26-42(38)55-49(44)48(45)54)36-20-8-12-24-40(36)53(47)33-17-5-2-6-18-33/h1-30H. The summed E-state index contributed by atoms with van der Waals surface area (Å²) in [6, 6.07) is 63.9. The van der Waals surface area contributed by atoms with Gasteiger partial charge in [0.2, 0.25) is 0 Å². The summed E-state index contributed by atoms with van der Waals surface area (Å²) < 4.78 is 11.8. The average Bonchev–Trinajstić information content (AvgIpc) is 3.92. The zero-order valence-corrected chi connectivity index (χ0v) is 29.5. The summed E-state index contributed by atoms with van der Waals surface area (Å²) in [5.41, 5.74) is 12.3. The van der Waals surface area contributed by atoms with Crippen molar-refractivity contribution in [1.29, 1.82) is 0 Å². The lowest BCUT2D eigenvalue weighted by atomic mass is 10.0. The third-order valence-corrected chi connectivity index (χ3v) is 11.1. The van der Waals surface area contributed by atoms with Crippen LogP contribution in [0.1, 0.15) is 0 Å². The fraction of sp³-hybridized carbons (Fsp3) is 0. The van der Waals surface area contributed by atoms with Gasteiger partial charge in [-0.3, -0.25) is 0 Å². The Kier molecular flexibility index (Phi) is 6.27. The van der Waals surface area contributed by atoms with Crippen molar-refractivity contribution in [3.63, 3.8) is 0 Å². The Hall–Kier alpha value is -7.50. The van der Waals surface area contributed by atoms with Crippen LogP contribution < -0.4 is 0 Å². The lowest BCUT2D eigenvalue weighted by molar-refractivity contribution is 0.671. The van der Waals surface area contributed by atoms with Gasteiger partial charge in [-0.05, 0) is 60.7 Å². The maximum atomic E-state index is 6.97. The summed E-state index contributed by atoms with van der Waals surface area (Å²) in [6.07, 6.45) is 0. The molecule has 0 saturated carbocycles. The van der Waals surface area contributed by atoms with Gasteiger partial charge in [0.25, 0.3) is 0 Å². The molecular formula is C50H30N4O. The number of hydrogen-bond acceptors (Lipinski definition) is 3. The lowest BCUT2D eigenvalue weighted by Crippen LogP contribution is -1.97. The van der Waals surface area contributed by atoms with Gasteiger partial charge in [0.05, 0.1) is 33.3 Å². The molecule has 0 atom stereocenters. The summed E-state index contributed by atoms with van der Waals surface area (Å²) in [6.45, 7) is 0. The second kappa shape index (κ2) is 11.5. The van der Waals surface area contributed by atoms with Gasteiger partial charge in [0, 0.05) is 60.2 Å². The maximum absolute atomic E-state index is 6.97. The molecule has 0 aliphatic rings. The second-order valence-corrected chi connectivity index (χ2v) is 14.1. The quantitative estimate of drug-likeness (QED) is 0.183. The van der Waals surface area contributed by atoms with Crippen molar-refractivity contribution in [2.24, 2.45) is 0 Å². The van der Waals surface area contributed by atoms with Crippen molar-refractivity contribution < 1.29 is 4.42 Å². The Balaban J connectivity index is 1.18. The molecule has 5 nitrogen and oxygen atoms in total. The molecule has 4 heterocycles. The zero-order valence-electron chi connectivity index (χ0n) is 29.5. The highest BCUT2D eigenvalue weighted by Crippen LogP contribution is 2.49. The third-order valence-electron chi connectivity index (χ3n) is 11.1. The van der Waals surface area contributed by atoms with Crippen LogP contribution in [0.15, 0.2) is 186 Å². The average molecular weight is 703 g/mol. The molecule has 256 valence electrons. The van der Waals surface area contributed by atoms with Crippen LogP contribution in [0.5, 0.6) is 0 Å². The van der Waals surface area contributed by atoms with E-state index in [-0.39, 0.29) is 0 Å². The van der Waals surface area contributed by atoms with E-state index in [1.54, 1.807) is 0 Å². The fourth-order valence-corrected chi connectivity index (χ4v) is 8.78. The summed E-state index contributed by atoms with van der Waals surface area (Å²) in [4.78, 5) is 10.2. The number of furan rings is 1. The van der Waals surface area contributed by atoms with Crippen molar-refractivity contribution in [1.82, 2.24) is 19.1 Å². The van der Waals surface area contributed by atoms with Gasteiger partial charge >= 0.3 is 0 Å². The molecule has 0 fully saturated rings. The molecule has 0 spiro atoms. The van der Waals surface area contributed by atoms with Crippen molar-refractivity contribution in [3.8, 4) is 34.0 Å². The minimum Gasteiger partial charge on any atom is -0.454 e. The highest BCUT2D eigenvalue weighted by molar-refractivity contribution is 6.39. The summed E-state index contributed by atoms with van der Waals surface area (Å²) >= 11 is 0. The number of fused-ring (bicyclic) bond motifs is 13. The normalized spacial score (nSPS) is 12.0. The molecule has 0 amide bonds. The number of para-hydroxylation sites is 5. The third kappa shape index (κ3) is 4.29. The van der Waals surface area contributed by atoms with E-state index in [0.29, 0.717) is 5.82 Å². The van der Waals surface area contributed by atoms with Gasteiger partial charge in [-0.15, -0.1) is 0 Å². The molecule has 0 radical (unpaired) electrons. The van der Waals surface area contributed by atoms with Gasteiger partial charge < -0.3 is 13.6 Å². The Morgan fingerprint density at radius 1 is 0.382 bits per heavy atom. The molecule has 0 aliphatic carbocycles.